The molecule has 0 aromatic carbocycles. The number of nitrogens with zero attached hydrogens (tertiary/aromatic N) is 1. The van der Waals surface area contributed by atoms with Gasteiger partial charge in [-0.1, -0.05) is 0 Å². The molecule has 0 aromatic rings. The summed E-state index contributed by atoms with van der Waals surface area (Å²) in [6.07, 6.45) is 7.22. The Morgan fingerprint density at radius 1 is 1.12 bits per heavy atom. The van der Waals surface area contributed by atoms with Crippen molar-refractivity contribution in [3.05, 3.63) is 0 Å². The number of ether oxygens (including phenoxy) is 1. The fourth-order valence-electron chi connectivity index (χ4n) is 5.28. The van der Waals surface area contributed by atoms with E-state index in [4.69, 9.17) is 4.74 Å². The molecule has 4 rings (SSSR count). The van der Waals surface area contributed by atoms with Gasteiger partial charge in [0.2, 0.25) is 11.8 Å². The zero-order valence-electron chi connectivity index (χ0n) is 14.8. The van der Waals surface area contributed by atoms with Crippen molar-refractivity contribution in [1.82, 2.24) is 10.7 Å². The SMILES string of the molecule is COCCNC(=O)CC(C)=NNC(=O)C12CC3CC(CC(C3)C1)C2. The number of hydrazone groups is 1. The van der Waals surface area contributed by atoms with Gasteiger partial charge in [-0.15, -0.1) is 0 Å². The van der Waals surface area contributed by atoms with Gasteiger partial charge in [-0.05, 0) is 63.2 Å². The molecule has 6 nitrogen and oxygen atoms in total. The van der Waals surface area contributed by atoms with E-state index in [0.717, 1.165) is 37.0 Å². The largest absolute Gasteiger partial charge is 0.383 e. The van der Waals surface area contributed by atoms with Crippen LogP contribution in [0.1, 0.15) is 51.9 Å². The minimum absolute atomic E-state index is 0.0701. The van der Waals surface area contributed by atoms with Crippen molar-refractivity contribution in [2.24, 2.45) is 28.3 Å². The second-order valence-corrected chi connectivity index (χ2v) is 8.01. The van der Waals surface area contributed by atoms with Crippen LogP contribution in [0.15, 0.2) is 5.10 Å². The highest BCUT2D eigenvalue weighted by molar-refractivity contribution is 6.00. The molecular weight excluding hydrogens is 306 g/mol. The van der Waals surface area contributed by atoms with Crippen LogP contribution >= 0.6 is 0 Å². The van der Waals surface area contributed by atoms with Gasteiger partial charge in [0.25, 0.3) is 0 Å². The van der Waals surface area contributed by atoms with Gasteiger partial charge in [0, 0.05) is 19.4 Å². The Morgan fingerprint density at radius 3 is 2.25 bits per heavy atom. The highest BCUT2D eigenvalue weighted by Gasteiger charge is 2.54. The fourth-order valence-corrected chi connectivity index (χ4v) is 5.28. The van der Waals surface area contributed by atoms with E-state index >= 15 is 0 Å². The van der Waals surface area contributed by atoms with E-state index in [1.165, 1.54) is 19.3 Å². The summed E-state index contributed by atoms with van der Waals surface area (Å²) < 4.78 is 4.89. The fraction of sp³-hybridized carbons (Fsp3) is 0.833. The monoisotopic (exact) mass is 335 g/mol. The summed E-state index contributed by atoms with van der Waals surface area (Å²) in [4.78, 5) is 24.5. The molecule has 0 aliphatic heterocycles. The van der Waals surface area contributed by atoms with Crippen molar-refractivity contribution >= 4 is 17.5 Å². The van der Waals surface area contributed by atoms with Crippen LogP contribution in [0.2, 0.25) is 0 Å². The molecule has 0 saturated heterocycles. The van der Waals surface area contributed by atoms with Gasteiger partial charge in [0.15, 0.2) is 0 Å². The average molecular weight is 335 g/mol. The highest BCUT2D eigenvalue weighted by Crippen LogP contribution is 2.60. The number of nitrogens with one attached hydrogen (secondary N) is 2. The van der Waals surface area contributed by atoms with Crippen LogP contribution in [0.4, 0.5) is 0 Å². The van der Waals surface area contributed by atoms with E-state index in [2.05, 4.69) is 15.8 Å². The minimum atomic E-state index is -0.195. The normalized spacial score (nSPS) is 34.2. The van der Waals surface area contributed by atoms with E-state index in [1.807, 2.05) is 0 Å². The Morgan fingerprint density at radius 2 is 1.71 bits per heavy atom. The zero-order valence-corrected chi connectivity index (χ0v) is 14.8. The first-order valence-corrected chi connectivity index (χ1v) is 9.10. The van der Waals surface area contributed by atoms with Gasteiger partial charge in [0.05, 0.1) is 18.4 Å². The lowest BCUT2D eigenvalue weighted by Gasteiger charge is -2.55. The topological polar surface area (TPSA) is 79.8 Å². The Labute approximate surface area is 143 Å². The van der Waals surface area contributed by atoms with Crippen LogP contribution in [-0.4, -0.2) is 37.8 Å². The van der Waals surface area contributed by atoms with Crippen molar-refractivity contribution < 1.29 is 14.3 Å². The molecule has 0 radical (unpaired) electrons. The molecule has 2 amide bonds. The van der Waals surface area contributed by atoms with Crippen LogP contribution in [0.3, 0.4) is 0 Å². The standard InChI is InChI=1S/C18H29N3O3/c1-12(5-16(22)19-3-4-24-2)20-21-17(23)18-9-13-6-14(10-18)8-15(7-13)11-18/h13-15H,3-11H2,1-2H3,(H,19,22)(H,21,23). The Hall–Kier alpha value is -1.43. The van der Waals surface area contributed by atoms with Crippen LogP contribution in [0.5, 0.6) is 0 Å². The minimum Gasteiger partial charge on any atom is -0.383 e. The van der Waals surface area contributed by atoms with E-state index in [9.17, 15) is 9.59 Å². The molecule has 4 aliphatic carbocycles. The number of hydrogen-bond donors (Lipinski definition) is 2. The Kier molecular flexibility index (Phi) is 5.23. The maximum Gasteiger partial charge on any atom is 0.246 e. The second-order valence-electron chi connectivity index (χ2n) is 8.01. The first-order chi connectivity index (χ1) is 11.5. The third-order valence-electron chi connectivity index (χ3n) is 5.91. The summed E-state index contributed by atoms with van der Waals surface area (Å²) in [7, 11) is 1.60. The molecule has 4 fully saturated rings. The second kappa shape index (κ2) is 7.21. The van der Waals surface area contributed by atoms with E-state index in [-0.39, 0.29) is 23.7 Å². The lowest BCUT2D eigenvalue weighted by atomic mass is 9.49. The summed E-state index contributed by atoms with van der Waals surface area (Å²) in [5.74, 6) is 2.18. The molecule has 24 heavy (non-hydrogen) atoms. The Bertz CT molecular complexity index is 494. The molecule has 4 saturated carbocycles. The van der Waals surface area contributed by atoms with Gasteiger partial charge in [0.1, 0.15) is 0 Å². The number of methoxy groups -OCH3 is 1. The number of hydrogen-bond acceptors (Lipinski definition) is 4. The van der Waals surface area contributed by atoms with Crippen LogP contribution in [0.25, 0.3) is 0 Å². The highest BCUT2D eigenvalue weighted by atomic mass is 16.5. The smallest absolute Gasteiger partial charge is 0.246 e. The van der Waals surface area contributed by atoms with E-state index in [0.29, 0.717) is 18.9 Å². The molecule has 0 spiro atoms. The van der Waals surface area contributed by atoms with Crippen molar-refractivity contribution in [2.45, 2.75) is 51.9 Å². The Balaban J connectivity index is 1.50. The van der Waals surface area contributed by atoms with Gasteiger partial charge >= 0.3 is 0 Å². The summed E-state index contributed by atoms with van der Waals surface area (Å²) in [6, 6.07) is 0. The summed E-state index contributed by atoms with van der Waals surface area (Å²) in [5, 5.41) is 6.93. The lowest BCUT2D eigenvalue weighted by Crippen LogP contribution is -2.52. The molecule has 4 aliphatic rings. The maximum absolute atomic E-state index is 12.8. The van der Waals surface area contributed by atoms with Crippen molar-refractivity contribution in [3.8, 4) is 0 Å². The quantitative estimate of drug-likeness (QED) is 0.423. The first-order valence-electron chi connectivity index (χ1n) is 9.10. The molecule has 2 N–H and O–H groups in total. The number of carbonyl (C=O) groups excluding carboxylic acids is 2. The van der Waals surface area contributed by atoms with Gasteiger partial charge in [-0.2, -0.15) is 5.10 Å². The number of carbonyl (C=O) groups is 2. The molecule has 6 heteroatoms. The molecular formula is C18H29N3O3. The molecule has 134 valence electrons. The van der Waals surface area contributed by atoms with Gasteiger partial charge < -0.3 is 10.1 Å². The summed E-state index contributed by atoms with van der Waals surface area (Å²) in [6.45, 7) is 2.75. The summed E-state index contributed by atoms with van der Waals surface area (Å²) >= 11 is 0. The van der Waals surface area contributed by atoms with Gasteiger partial charge in [-0.25, -0.2) is 5.43 Å². The molecule has 0 atom stereocenters. The van der Waals surface area contributed by atoms with E-state index in [1.54, 1.807) is 14.0 Å². The first kappa shape index (κ1) is 17.4. The number of rotatable bonds is 7. The lowest BCUT2D eigenvalue weighted by molar-refractivity contribution is -0.146. The van der Waals surface area contributed by atoms with Crippen LogP contribution in [-0.2, 0) is 14.3 Å². The predicted molar refractivity (Wildman–Crippen MR) is 91.4 cm³/mol. The van der Waals surface area contributed by atoms with Crippen LogP contribution < -0.4 is 10.7 Å². The zero-order chi connectivity index (χ0) is 17.2. The molecule has 0 unspecified atom stereocenters. The predicted octanol–water partition coefficient (Wildman–Crippen LogP) is 1.85. The average Bonchev–Trinajstić information content (AvgIpc) is 2.51. The van der Waals surface area contributed by atoms with Gasteiger partial charge in [-0.3, -0.25) is 9.59 Å². The molecule has 0 aromatic heterocycles. The molecule has 0 heterocycles. The van der Waals surface area contributed by atoms with E-state index < -0.39 is 0 Å². The molecule has 4 bridgehead atoms. The van der Waals surface area contributed by atoms with Crippen molar-refractivity contribution in [1.29, 1.82) is 0 Å². The number of amides is 2. The third-order valence-corrected chi connectivity index (χ3v) is 5.91. The van der Waals surface area contributed by atoms with Crippen molar-refractivity contribution in [3.63, 3.8) is 0 Å². The summed E-state index contributed by atoms with van der Waals surface area (Å²) in [5.41, 5.74) is 3.19. The van der Waals surface area contributed by atoms with Crippen molar-refractivity contribution in [2.75, 3.05) is 20.3 Å². The third kappa shape index (κ3) is 3.79. The maximum atomic E-state index is 12.8. The van der Waals surface area contributed by atoms with Crippen LogP contribution in [0, 0.1) is 23.2 Å².